The second-order valence-electron chi connectivity index (χ2n) is 6.10. The van der Waals surface area contributed by atoms with Gasteiger partial charge in [0.2, 0.25) is 14.8 Å². The van der Waals surface area contributed by atoms with E-state index in [9.17, 15) is 12.8 Å². The minimum absolute atomic E-state index is 0.270. The lowest BCUT2D eigenvalue weighted by Crippen LogP contribution is -3.14. The van der Waals surface area contributed by atoms with Gasteiger partial charge in [-0.3, -0.25) is 0 Å². The summed E-state index contributed by atoms with van der Waals surface area (Å²) >= 11 is 5.37. The van der Waals surface area contributed by atoms with Crippen LogP contribution in [0.1, 0.15) is 0 Å². The number of hydrogen-bond acceptors (Lipinski definition) is 4. The van der Waals surface area contributed by atoms with Crippen LogP contribution in [0.15, 0.2) is 48.1 Å². The van der Waals surface area contributed by atoms with Crippen LogP contribution in [0, 0.1) is 10.6 Å². The Balaban J connectivity index is 1.65. The quantitative estimate of drug-likeness (QED) is 0.561. The number of quaternary nitrogens is 1. The highest BCUT2D eigenvalue weighted by atomic mass is 32.2. The normalized spacial score (nSPS) is 16.7. The van der Waals surface area contributed by atoms with Crippen molar-refractivity contribution >= 4 is 22.2 Å². The molecular weight excluding hydrogens is 377 g/mol. The molecule has 2 aromatic rings. The van der Waals surface area contributed by atoms with Gasteiger partial charge in [-0.2, -0.15) is 14.1 Å². The SMILES string of the molecule is C=CCn1cnn(C[NH+]2CCN(S(=O)(=O)c3ccccc3F)CC2)c1=S. The van der Waals surface area contributed by atoms with Gasteiger partial charge in [0.1, 0.15) is 17.0 Å². The molecule has 2 heterocycles. The number of sulfonamides is 1. The lowest BCUT2D eigenvalue weighted by Gasteiger charge is -2.31. The second kappa shape index (κ2) is 7.78. The van der Waals surface area contributed by atoms with Crippen LogP contribution in [-0.2, 0) is 23.2 Å². The number of nitrogens with one attached hydrogen (secondary N) is 1. The molecule has 26 heavy (non-hydrogen) atoms. The molecule has 7 nitrogen and oxygen atoms in total. The van der Waals surface area contributed by atoms with Gasteiger partial charge >= 0.3 is 0 Å². The number of allylic oxidation sites excluding steroid dienone is 1. The Labute approximate surface area is 157 Å². The Bertz CT molecular complexity index is 946. The van der Waals surface area contributed by atoms with Gasteiger partial charge in [0.05, 0.1) is 26.2 Å². The summed E-state index contributed by atoms with van der Waals surface area (Å²) in [5.41, 5.74) is 0. The highest BCUT2D eigenvalue weighted by molar-refractivity contribution is 7.89. The van der Waals surface area contributed by atoms with Crippen molar-refractivity contribution in [3.8, 4) is 0 Å². The van der Waals surface area contributed by atoms with Gasteiger partial charge in [-0.15, -0.1) is 6.58 Å². The first-order valence-corrected chi connectivity index (χ1v) is 10.1. The molecule has 1 aliphatic heterocycles. The van der Waals surface area contributed by atoms with Crippen molar-refractivity contribution in [3.63, 3.8) is 0 Å². The highest BCUT2D eigenvalue weighted by Crippen LogP contribution is 2.18. The maximum atomic E-state index is 13.9. The van der Waals surface area contributed by atoms with Crippen LogP contribution in [0.25, 0.3) is 0 Å². The monoisotopic (exact) mass is 398 g/mol. The molecule has 10 heteroatoms. The fourth-order valence-electron chi connectivity index (χ4n) is 2.95. The molecule has 1 saturated heterocycles. The van der Waals surface area contributed by atoms with Crippen molar-refractivity contribution in [2.75, 3.05) is 26.2 Å². The molecule has 1 N–H and O–H groups in total. The summed E-state index contributed by atoms with van der Waals surface area (Å²) in [5, 5.41) is 4.28. The largest absolute Gasteiger partial charge is 0.314 e. The number of hydrogen-bond donors (Lipinski definition) is 1. The molecule has 0 amide bonds. The van der Waals surface area contributed by atoms with Crippen LogP contribution < -0.4 is 4.90 Å². The molecular formula is C16H21FN5O2S2+. The first-order chi connectivity index (χ1) is 12.4. The van der Waals surface area contributed by atoms with Gasteiger partial charge in [-0.1, -0.05) is 18.2 Å². The van der Waals surface area contributed by atoms with E-state index in [4.69, 9.17) is 12.2 Å². The summed E-state index contributed by atoms with van der Waals surface area (Å²) in [6, 6.07) is 5.47. The summed E-state index contributed by atoms with van der Waals surface area (Å²) < 4.78 is 44.6. The molecule has 0 aliphatic carbocycles. The van der Waals surface area contributed by atoms with Gasteiger partial charge in [-0.25, -0.2) is 12.8 Å². The summed E-state index contributed by atoms with van der Waals surface area (Å²) in [5.74, 6) is -0.721. The molecule has 0 radical (unpaired) electrons. The molecule has 1 fully saturated rings. The minimum Gasteiger partial charge on any atom is -0.314 e. The highest BCUT2D eigenvalue weighted by Gasteiger charge is 2.32. The number of rotatable bonds is 6. The molecule has 1 aliphatic rings. The molecule has 0 bridgehead atoms. The van der Waals surface area contributed by atoms with E-state index in [1.54, 1.807) is 17.1 Å². The molecule has 0 saturated carbocycles. The summed E-state index contributed by atoms with van der Waals surface area (Å²) in [4.78, 5) is 0.902. The predicted octanol–water partition coefficient (Wildman–Crippen LogP) is 0.286. The number of benzene rings is 1. The van der Waals surface area contributed by atoms with Crippen molar-refractivity contribution in [3.05, 3.63) is 53.8 Å². The zero-order chi connectivity index (χ0) is 18.7. The van der Waals surface area contributed by atoms with Crippen molar-refractivity contribution < 1.29 is 17.7 Å². The number of aromatic nitrogens is 3. The standard InChI is InChI=1S/C16H20FN5O2S2/c1-2-7-20-12-18-22(16(20)25)13-19-8-10-21(11-9-19)26(23,24)15-6-4-3-5-14(15)17/h2-6,12H,1,7-11,13H2/p+1. The van der Waals surface area contributed by atoms with Crippen LogP contribution in [0.3, 0.4) is 0 Å². The fraction of sp³-hybridized carbons (Fsp3) is 0.375. The topological polar surface area (TPSA) is 64.6 Å². The summed E-state index contributed by atoms with van der Waals surface area (Å²) in [6.07, 6.45) is 3.42. The Morgan fingerprint density at radius 2 is 2.00 bits per heavy atom. The third-order valence-corrected chi connectivity index (χ3v) is 6.76. The van der Waals surface area contributed by atoms with Gasteiger partial charge in [-0.05, 0) is 24.4 Å². The van der Waals surface area contributed by atoms with Crippen LogP contribution in [0.5, 0.6) is 0 Å². The van der Waals surface area contributed by atoms with E-state index in [-0.39, 0.29) is 4.90 Å². The van der Waals surface area contributed by atoms with Crippen LogP contribution >= 0.6 is 12.2 Å². The molecule has 0 unspecified atom stereocenters. The van der Waals surface area contributed by atoms with E-state index < -0.39 is 15.8 Å². The van der Waals surface area contributed by atoms with Crippen LogP contribution in [0.4, 0.5) is 4.39 Å². The fourth-order valence-corrected chi connectivity index (χ4v) is 4.69. The molecule has 0 spiro atoms. The van der Waals surface area contributed by atoms with E-state index in [1.807, 2.05) is 4.57 Å². The van der Waals surface area contributed by atoms with Crippen molar-refractivity contribution in [2.45, 2.75) is 18.1 Å². The predicted molar refractivity (Wildman–Crippen MR) is 97.1 cm³/mol. The van der Waals surface area contributed by atoms with Crippen LogP contribution in [-0.4, -0.2) is 53.2 Å². The van der Waals surface area contributed by atoms with Crippen molar-refractivity contribution in [1.29, 1.82) is 0 Å². The Hall–Kier alpha value is -1.88. The third kappa shape index (κ3) is 3.78. The van der Waals surface area contributed by atoms with Crippen molar-refractivity contribution in [2.24, 2.45) is 0 Å². The molecule has 1 aromatic heterocycles. The maximum Gasteiger partial charge on any atom is 0.246 e. The van der Waals surface area contributed by atoms with Gasteiger partial charge < -0.3 is 9.47 Å². The third-order valence-electron chi connectivity index (χ3n) is 4.38. The van der Waals surface area contributed by atoms with E-state index in [1.165, 1.54) is 27.4 Å². The number of halogens is 1. The summed E-state index contributed by atoms with van der Waals surface area (Å²) in [7, 11) is -3.81. The zero-order valence-corrected chi connectivity index (χ0v) is 15.8. The van der Waals surface area contributed by atoms with Gasteiger partial charge in [0.25, 0.3) is 0 Å². The van der Waals surface area contributed by atoms with Crippen LogP contribution in [0.2, 0.25) is 0 Å². The Kier molecular flexibility index (Phi) is 5.66. The lowest BCUT2D eigenvalue weighted by molar-refractivity contribution is -0.926. The lowest BCUT2D eigenvalue weighted by atomic mass is 10.3. The van der Waals surface area contributed by atoms with Gasteiger partial charge in [0.15, 0.2) is 6.67 Å². The zero-order valence-electron chi connectivity index (χ0n) is 14.2. The Morgan fingerprint density at radius 3 is 2.65 bits per heavy atom. The maximum absolute atomic E-state index is 13.9. The van der Waals surface area contributed by atoms with E-state index in [0.29, 0.717) is 44.2 Å². The van der Waals surface area contributed by atoms with E-state index in [2.05, 4.69) is 11.7 Å². The first kappa shape index (κ1) is 18.9. The van der Waals surface area contributed by atoms with E-state index >= 15 is 0 Å². The van der Waals surface area contributed by atoms with Gasteiger partial charge in [0, 0.05) is 6.54 Å². The molecule has 0 atom stereocenters. The minimum atomic E-state index is -3.81. The average molecular weight is 399 g/mol. The van der Waals surface area contributed by atoms with E-state index in [0.717, 1.165) is 6.07 Å². The second-order valence-corrected chi connectivity index (χ2v) is 8.37. The molecule has 3 rings (SSSR count). The smallest absolute Gasteiger partial charge is 0.246 e. The number of piperazine rings is 1. The molecule has 140 valence electrons. The van der Waals surface area contributed by atoms with Crippen molar-refractivity contribution in [1.82, 2.24) is 18.7 Å². The summed E-state index contributed by atoms with van der Waals surface area (Å²) in [6.45, 7) is 6.71. The Morgan fingerprint density at radius 1 is 1.31 bits per heavy atom. The molecule has 1 aromatic carbocycles. The average Bonchev–Trinajstić information content (AvgIpc) is 2.96. The number of nitrogens with zero attached hydrogens (tertiary/aromatic N) is 4. The first-order valence-electron chi connectivity index (χ1n) is 8.25.